The molecule has 0 aliphatic carbocycles. The van der Waals surface area contributed by atoms with Crippen molar-refractivity contribution in [1.29, 1.82) is 0 Å². The first-order valence-electron chi connectivity index (χ1n) is 10.0. The maximum Gasteiger partial charge on any atom is 0.253 e. The van der Waals surface area contributed by atoms with Gasteiger partial charge < -0.3 is 19.7 Å². The van der Waals surface area contributed by atoms with E-state index >= 15 is 0 Å². The molecule has 0 aromatic heterocycles. The van der Waals surface area contributed by atoms with E-state index in [0.29, 0.717) is 25.3 Å². The summed E-state index contributed by atoms with van der Waals surface area (Å²) < 4.78 is 11.9. The Kier molecular flexibility index (Phi) is 5.61. The normalized spacial score (nSPS) is 17.3. The number of amides is 1. The number of anilines is 1. The Hall–Kier alpha value is -3.47. The third kappa shape index (κ3) is 4.57. The molecule has 1 aliphatic rings. The molecule has 1 N–H and O–H groups in total. The summed E-state index contributed by atoms with van der Waals surface area (Å²) in [4.78, 5) is 14.7. The molecule has 1 heterocycles. The van der Waals surface area contributed by atoms with Crippen molar-refractivity contribution in [1.82, 2.24) is 4.90 Å². The first kappa shape index (κ1) is 19.8. The molecule has 30 heavy (non-hydrogen) atoms. The van der Waals surface area contributed by atoms with Crippen LogP contribution in [-0.4, -0.2) is 36.6 Å². The molecule has 1 unspecified atom stereocenters. The summed E-state index contributed by atoms with van der Waals surface area (Å²) in [5, 5.41) is 3.51. The van der Waals surface area contributed by atoms with Gasteiger partial charge in [0.2, 0.25) is 0 Å². The average Bonchev–Trinajstić information content (AvgIpc) is 2.78. The Labute approximate surface area is 177 Å². The second-order valence-corrected chi connectivity index (χ2v) is 7.93. The molecule has 0 saturated carbocycles. The van der Waals surface area contributed by atoms with Gasteiger partial charge in [-0.15, -0.1) is 0 Å². The Balaban J connectivity index is 1.45. The van der Waals surface area contributed by atoms with Gasteiger partial charge in [0.15, 0.2) is 0 Å². The number of nitrogens with one attached hydrogen (secondary N) is 1. The summed E-state index contributed by atoms with van der Waals surface area (Å²) in [7, 11) is 1.82. The Morgan fingerprint density at radius 3 is 2.50 bits per heavy atom. The zero-order valence-corrected chi connectivity index (χ0v) is 17.3. The molecule has 0 fully saturated rings. The smallest absolute Gasteiger partial charge is 0.253 e. The summed E-state index contributed by atoms with van der Waals surface area (Å²) in [5.41, 5.74) is 2.12. The van der Waals surface area contributed by atoms with Crippen LogP contribution in [0.4, 0.5) is 5.69 Å². The van der Waals surface area contributed by atoms with Gasteiger partial charge >= 0.3 is 0 Å². The Morgan fingerprint density at radius 2 is 1.77 bits per heavy atom. The van der Waals surface area contributed by atoms with Crippen molar-refractivity contribution in [3.05, 3.63) is 90.0 Å². The highest BCUT2D eigenvalue weighted by Gasteiger charge is 2.32. The zero-order chi connectivity index (χ0) is 21.0. The SMILES string of the molecule is CN(Cc1ccccc1)C(=O)c1ccc2c(c1)NC(C)(COc1ccccc1)CO2. The molecule has 1 amide bonds. The topological polar surface area (TPSA) is 50.8 Å². The van der Waals surface area contributed by atoms with Gasteiger partial charge in [0, 0.05) is 19.2 Å². The molecule has 4 rings (SSSR count). The van der Waals surface area contributed by atoms with Crippen LogP contribution in [0, 0.1) is 0 Å². The molecule has 5 heteroatoms. The van der Waals surface area contributed by atoms with E-state index < -0.39 is 5.54 Å². The van der Waals surface area contributed by atoms with Crippen molar-refractivity contribution in [2.45, 2.75) is 19.0 Å². The van der Waals surface area contributed by atoms with Crippen LogP contribution in [0.2, 0.25) is 0 Å². The lowest BCUT2D eigenvalue weighted by Crippen LogP contribution is -2.48. The number of hydrogen-bond acceptors (Lipinski definition) is 4. The lowest BCUT2D eigenvalue weighted by Gasteiger charge is -2.36. The van der Waals surface area contributed by atoms with Crippen LogP contribution < -0.4 is 14.8 Å². The molecule has 5 nitrogen and oxygen atoms in total. The summed E-state index contributed by atoms with van der Waals surface area (Å²) in [5.74, 6) is 1.53. The van der Waals surface area contributed by atoms with Crippen LogP contribution in [0.25, 0.3) is 0 Å². The largest absolute Gasteiger partial charge is 0.491 e. The van der Waals surface area contributed by atoms with E-state index in [9.17, 15) is 4.79 Å². The van der Waals surface area contributed by atoms with Gasteiger partial charge in [0.05, 0.1) is 5.69 Å². The zero-order valence-electron chi connectivity index (χ0n) is 17.3. The maximum absolute atomic E-state index is 12.9. The minimum atomic E-state index is -0.402. The molecule has 0 bridgehead atoms. The van der Waals surface area contributed by atoms with Crippen molar-refractivity contribution in [2.75, 3.05) is 25.6 Å². The number of carbonyl (C=O) groups is 1. The standard InChI is InChI=1S/C25H26N2O3/c1-25(17-29-21-11-7-4-8-12-21)18-30-23-14-13-20(15-22(23)26-25)24(28)27(2)16-19-9-5-3-6-10-19/h3-15,26H,16-18H2,1-2H3. The minimum absolute atomic E-state index is 0.0312. The van der Waals surface area contributed by atoms with E-state index in [-0.39, 0.29) is 5.91 Å². The second kappa shape index (κ2) is 8.49. The maximum atomic E-state index is 12.9. The first-order valence-corrected chi connectivity index (χ1v) is 10.0. The van der Waals surface area contributed by atoms with Gasteiger partial charge in [-0.05, 0) is 42.8 Å². The van der Waals surface area contributed by atoms with Crippen molar-refractivity contribution in [2.24, 2.45) is 0 Å². The summed E-state index contributed by atoms with van der Waals surface area (Å²) in [6.07, 6.45) is 0. The summed E-state index contributed by atoms with van der Waals surface area (Å²) in [6, 6.07) is 25.2. The van der Waals surface area contributed by atoms with E-state index in [1.54, 1.807) is 4.90 Å². The van der Waals surface area contributed by atoms with Crippen molar-refractivity contribution in [3.63, 3.8) is 0 Å². The van der Waals surface area contributed by atoms with Gasteiger partial charge in [-0.2, -0.15) is 0 Å². The first-order chi connectivity index (χ1) is 14.5. The van der Waals surface area contributed by atoms with Gasteiger partial charge in [-0.1, -0.05) is 48.5 Å². The fourth-order valence-electron chi connectivity index (χ4n) is 3.47. The van der Waals surface area contributed by atoms with Crippen LogP contribution >= 0.6 is 0 Å². The predicted octanol–water partition coefficient (Wildman–Crippen LogP) is 4.60. The van der Waals surface area contributed by atoms with Crippen molar-refractivity contribution < 1.29 is 14.3 Å². The second-order valence-electron chi connectivity index (χ2n) is 7.93. The van der Waals surface area contributed by atoms with E-state index in [0.717, 1.165) is 22.7 Å². The number of nitrogens with zero attached hydrogens (tertiary/aromatic N) is 1. The molecular formula is C25H26N2O3. The molecule has 1 aliphatic heterocycles. The lowest BCUT2D eigenvalue weighted by atomic mass is 10.0. The van der Waals surface area contributed by atoms with Crippen LogP contribution in [0.15, 0.2) is 78.9 Å². The highest BCUT2D eigenvalue weighted by atomic mass is 16.5. The van der Waals surface area contributed by atoms with Gasteiger partial charge in [-0.25, -0.2) is 0 Å². The molecule has 0 saturated heterocycles. The van der Waals surface area contributed by atoms with E-state index in [4.69, 9.17) is 9.47 Å². The fourth-order valence-corrected chi connectivity index (χ4v) is 3.47. The number of benzene rings is 3. The van der Waals surface area contributed by atoms with E-state index in [1.807, 2.05) is 85.9 Å². The predicted molar refractivity (Wildman–Crippen MR) is 118 cm³/mol. The monoisotopic (exact) mass is 402 g/mol. The Bertz CT molecular complexity index is 1010. The van der Waals surface area contributed by atoms with Gasteiger partial charge in [-0.3, -0.25) is 4.79 Å². The third-order valence-electron chi connectivity index (χ3n) is 5.12. The van der Waals surface area contributed by atoms with E-state index in [1.165, 1.54) is 0 Å². The molecular weight excluding hydrogens is 376 g/mol. The molecule has 0 spiro atoms. The number of rotatable bonds is 6. The molecule has 3 aromatic rings. The molecule has 1 atom stereocenters. The average molecular weight is 402 g/mol. The molecule has 154 valence electrons. The van der Waals surface area contributed by atoms with Crippen LogP contribution in [0.5, 0.6) is 11.5 Å². The number of fused-ring (bicyclic) bond motifs is 1. The van der Waals surface area contributed by atoms with Crippen LogP contribution in [-0.2, 0) is 6.54 Å². The molecule has 3 aromatic carbocycles. The third-order valence-corrected chi connectivity index (χ3v) is 5.12. The number of para-hydroxylation sites is 1. The molecule has 0 radical (unpaired) electrons. The summed E-state index contributed by atoms with van der Waals surface area (Å²) >= 11 is 0. The highest BCUT2D eigenvalue weighted by molar-refractivity contribution is 5.95. The van der Waals surface area contributed by atoms with Gasteiger partial charge in [0.25, 0.3) is 5.91 Å². The Morgan fingerprint density at radius 1 is 1.07 bits per heavy atom. The lowest BCUT2D eigenvalue weighted by molar-refractivity contribution is 0.0785. The quantitative estimate of drug-likeness (QED) is 0.655. The fraction of sp³-hybridized carbons (Fsp3) is 0.240. The van der Waals surface area contributed by atoms with Crippen molar-refractivity contribution >= 4 is 11.6 Å². The van der Waals surface area contributed by atoms with E-state index in [2.05, 4.69) is 12.2 Å². The van der Waals surface area contributed by atoms with Crippen molar-refractivity contribution in [3.8, 4) is 11.5 Å². The number of ether oxygens (including phenoxy) is 2. The summed E-state index contributed by atoms with van der Waals surface area (Å²) in [6.45, 7) is 3.54. The minimum Gasteiger partial charge on any atom is -0.491 e. The number of carbonyl (C=O) groups excluding carboxylic acids is 1. The van der Waals surface area contributed by atoms with Gasteiger partial charge in [0.1, 0.15) is 30.3 Å². The number of hydrogen-bond donors (Lipinski definition) is 1. The highest BCUT2D eigenvalue weighted by Crippen LogP contribution is 2.34. The van der Waals surface area contributed by atoms with Crippen LogP contribution in [0.3, 0.4) is 0 Å². The van der Waals surface area contributed by atoms with Crippen LogP contribution in [0.1, 0.15) is 22.8 Å².